The molecular weight excluding hydrogens is 292 g/mol. The average Bonchev–Trinajstić information content (AvgIpc) is 3.03. The monoisotopic (exact) mass is 312 g/mol. The first-order valence-electron chi connectivity index (χ1n) is 8.00. The Morgan fingerprint density at radius 3 is 2.91 bits per heavy atom. The van der Waals surface area contributed by atoms with Crippen molar-refractivity contribution in [3.63, 3.8) is 0 Å². The summed E-state index contributed by atoms with van der Waals surface area (Å²) in [6.45, 7) is 0.885. The summed E-state index contributed by atoms with van der Waals surface area (Å²) in [6, 6.07) is 9.28. The summed E-state index contributed by atoms with van der Waals surface area (Å²) < 4.78 is 5.31. The maximum absolute atomic E-state index is 10.4. The van der Waals surface area contributed by atoms with Gasteiger partial charge in [0.1, 0.15) is 17.9 Å². The van der Waals surface area contributed by atoms with E-state index in [-0.39, 0.29) is 6.04 Å². The van der Waals surface area contributed by atoms with Gasteiger partial charge in [0.25, 0.3) is 0 Å². The lowest BCUT2D eigenvalue weighted by Crippen LogP contribution is -2.36. The van der Waals surface area contributed by atoms with Gasteiger partial charge in [-0.3, -0.25) is 0 Å². The van der Waals surface area contributed by atoms with Crippen molar-refractivity contribution >= 4 is 5.82 Å². The van der Waals surface area contributed by atoms with Gasteiger partial charge in [-0.2, -0.15) is 5.26 Å². The molecule has 0 amide bonds. The molecule has 1 saturated heterocycles. The van der Waals surface area contributed by atoms with E-state index in [1.807, 2.05) is 12.1 Å². The fourth-order valence-corrected chi connectivity index (χ4v) is 3.12. The van der Waals surface area contributed by atoms with Crippen molar-refractivity contribution in [2.45, 2.75) is 44.2 Å². The van der Waals surface area contributed by atoms with Gasteiger partial charge < -0.3 is 14.4 Å². The molecule has 2 aromatic rings. The van der Waals surface area contributed by atoms with Crippen LogP contribution in [0.3, 0.4) is 0 Å². The van der Waals surface area contributed by atoms with Crippen molar-refractivity contribution in [2.75, 3.05) is 11.4 Å². The molecule has 0 bridgehead atoms. The van der Waals surface area contributed by atoms with E-state index in [1.165, 1.54) is 6.42 Å². The van der Waals surface area contributed by atoms with Crippen LogP contribution in [0.1, 0.15) is 49.7 Å². The van der Waals surface area contributed by atoms with Crippen LogP contribution in [0.2, 0.25) is 0 Å². The standard InChI is InChI=1S/C17H20N4O2/c18-12-13-7-8-17(20-19-13)21-9-3-1-2-5-14(21)11-15(22)16-6-4-10-23-16/h4,6-8,10,14-15,22H,1-3,5,9,11H2. The van der Waals surface area contributed by atoms with Crippen LogP contribution < -0.4 is 4.90 Å². The average molecular weight is 312 g/mol. The number of aliphatic hydroxyl groups is 1. The van der Waals surface area contributed by atoms with Crippen LogP contribution >= 0.6 is 0 Å². The summed E-state index contributed by atoms with van der Waals surface area (Å²) >= 11 is 0. The Bertz CT molecular complexity index is 648. The minimum absolute atomic E-state index is 0.180. The Hall–Kier alpha value is -2.39. The SMILES string of the molecule is N#Cc1ccc(N2CCCCCC2CC(O)c2ccco2)nn1. The number of nitrogens with zero attached hydrogens (tertiary/aromatic N) is 4. The largest absolute Gasteiger partial charge is 0.467 e. The van der Waals surface area contributed by atoms with E-state index in [2.05, 4.69) is 15.1 Å². The van der Waals surface area contributed by atoms with Gasteiger partial charge in [-0.1, -0.05) is 12.8 Å². The molecule has 3 heterocycles. The van der Waals surface area contributed by atoms with Crippen LogP contribution in [-0.4, -0.2) is 27.9 Å². The van der Waals surface area contributed by atoms with Crippen molar-refractivity contribution in [3.8, 4) is 6.07 Å². The quantitative estimate of drug-likeness (QED) is 0.934. The highest BCUT2D eigenvalue weighted by atomic mass is 16.4. The third-order valence-corrected chi connectivity index (χ3v) is 4.30. The molecule has 0 saturated carbocycles. The molecule has 0 aromatic carbocycles. The van der Waals surface area contributed by atoms with Crippen LogP contribution in [0.15, 0.2) is 34.9 Å². The highest BCUT2D eigenvalue weighted by Gasteiger charge is 2.26. The van der Waals surface area contributed by atoms with Crippen LogP contribution in [0.4, 0.5) is 5.82 Å². The van der Waals surface area contributed by atoms with Crippen molar-refractivity contribution in [1.82, 2.24) is 10.2 Å². The van der Waals surface area contributed by atoms with E-state index in [0.717, 1.165) is 31.6 Å². The van der Waals surface area contributed by atoms with E-state index in [0.29, 0.717) is 17.9 Å². The Kier molecular flexibility index (Phi) is 4.89. The lowest BCUT2D eigenvalue weighted by Gasteiger charge is -2.31. The fourth-order valence-electron chi connectivity index (χ4n) is 3.12. The lowest BCUT2D eigenvalue weighted by atomic mass is 10.0. The van der Waals surface area contributed by atoms with Crippen molar-refractivity contribution in [2.24, 2.45) is 0 Å². The van der Waals surface area contributed by atoms with Crippen molar-refractivity contribution in [3.05, 3.63) is 42.0 Å². The van der Waals surface area contributed by atoms with E-state index in [1.54, 1.807) is 24.5 Å². The molecular formula is C17H20N4O2. The topological polar surface area (TPSA) is 86.2 Å². The molecule has 0 aliphatic carbocycles. The highest BCUT2D eigenvalue weighted by molar-refractivity contribution is 5.40. The van der Waals surface area contributed by atoms with Crippen LogP contribution in [-0.2, 0) is 0 Å². The Balaban J connectivity index is 1.78. The highest BCUT2D eigenvalue weighted by Crippen LogP contribution is 2.29. The summed E-state index contributed by atoms with van der Waals surface area (Å²) in [7, 11) is 0. The maximum atomic E-state index is 10.4. The number of nitriles is 1. The van der Waals surface area contributed by atoms with Gasteiger partial charge in [0.15, 0.2) is 11.5 Å². The molecule has 3 rings (SSSR count). The summed E-state index contributed by atoms with van der Waals surface area (Å²) in [5, 5.41) is 27.4. The summed E-state index contributed by atoms with van der Waals surface area (Å²) in [5.41, 5.74) is 0.316. The first-order valence-corrected chi connectivity index (χ1v) is 8.00. The van der Waals surface area contributed by atoms with Gasteiger partial charge in [0.05, 0.1) is 6.26 Å². The minimum Gasteiger partial charge on any atom is -0.467 e. The molecule has 1 aliphatic rings. The molecule has 2 aromatic heterocycles. The summed E-state index contributed by atoms with van der Waals surface area (Å²) in [5.74, 6) is 1.36. The lowest BCUT2D eigenvalue weighted by molar-refractivity contribution is 0.129. The zero-order valence-electron chi connectivity index (χ0n) is 12.9. The molecule has 0 radical (unpaired) electrons. The number of furan rings is 1. The maximum Gasteiger partial charge on any atom is 0.163 e. The molecule has 2 unspecified atom stereocenters. The van der Waals surface area contributed by atoms with E-state index < -0.39 is 6.10 Å². The molecule has 120 valence electrons. The van der Waals surface area contributed by atoms with Gasteiger partial charge in [0.2, 0.25) is 0 Å². The van der Waals surface area contributed by atoms with E-state index >= 15 is 0 Å². The first kappa shape index (κ1) is 15.5. The smallest absolute Gasteiger partial charge is 0.163 e. The van der Waals surface area contributed by atoms with E-state index in [4.69, 9.17) is 9.68 Å². The number of hydrogen-bond acceptors (Lipinski definition) is 6. The Labute approximate surface area is 135 Å². The number of aliphatic hydroxyl groups excluding tert-OH is 1. The minimum atomic E-state index is -0.623. The molecule has 2 atom stereocenters. The van der Waals surface area contributed by atoms with Crippen molar-refractivity contribution in [1.29, 1.82) is 5.26 Å². The molecule has 0 spiro atoms. The van der Waals surface area contributed by atoms with Gasteiger partial charge in [0, 0.05) is 19.0 Å². The van der Waals surface area contributed by atoms with Crippen LogP contribution in [0, 0.1) is 11.3 Å². The molecule has 1 N–H and O–H groups in total. The molecule has 1 fully saturated rings. The molecule has 1 aliphatic heterocycles. The summed E-state index contributed by atoms with van der Waals surface area (Å²) in [4.78, 5) is 2.20. The zero-order chi connectivity index (χ0) is 16.1. The third kappa shape index (κ3) is 3.69. The normalized spacial score (nSPS) is 19.8. The van der Waals surface area contributed by atoms with E-state index in [9.17, 15) is 5.11 Å². The van der Waals surface area contributed by atoms with Crippen LogP contribution in [0.5, 0.6) is 0 Å². The molecule has 23 heavy (non-hydrogen) atoms. The molecule has 6 nitrogen and oxygen atoms in total. The number of rotatable bonds is 4. The molecule has 6 heteroatoms. The second-order valence-electron chi connectivity index (χ2n) is 5.85. The zero-order valence-corrected chi connectivity index (χ0v) is 12.9. The second kappa shape index (κ2) is 7.25. The fraction of sp³-hybridized carbons (Fsp3) is 0.471. The first-order chi connectivity index (χ1) is 11.3. The Morgan fingerprint density at radius 2 is 2.22 bits per heavy atom. The predicted octanol–water partition coefficient (Wildman–Crippen LogP) is 2.81. The van der Waals surface area contributed by atoms with Crippen molar-refractivity contribution < 1.29 is 9.52 Å². The van der Waals surface area contributed by atoms with Crippen LogP contribution in [0.25, 0.3) is 0 Å². The van der Waals surface area contributed by atoms with Gasteiger partial charge >= 0.3 is 0 Å². The van der Waals surface area contributed by atoms with Gasteiger partial charge in [-0.25, -0.2) is 0 Å². The third-order valence-electron chi connectivity index (χ3n) is 4.30. The van der Waals surface area contributed by atoms with Gasteiger partial charge in [-0.05, 0) is 37.1 Å². The second-order valence-corrected chi connectivity index (χ2v) is 5.85. The number of anilines is 1. The number of hydrogen-bond donors (Lipinski definition) is 1. The predicted molar refractivity (Wildman–Crippen MR) is 84.6 cm³/mol. The number of aromatic nitrogens is 2. The summed E-state index contributed by atoms with van der Waals surface area (Å²) in [6.07, 6.45) is 5.95. The van der Waals surface area contributed by atoms with Gasteiger partial charge in [-0.15, -0.1) is 10.2 Å². The Morgan fingerprint density at radius 1 is 1.30 bits per heavy atom.